The minimum absolute atomic E-state index is 0.545. The molecule has 0 atom stereocenters. The quantitative estimate of drug-likeness (QED) is 0.759. The van der Waals surface area contributed by atoms with E-state index in [2.05, 4.69) is 49.4 Å². The van der Waals surface area contributed by atoms with E-state index in [-0.39, 0.29) is 0 Å². The van der Waals surface area contributed by atoms with Crippen LogP contribution in [-0.2, 0) is 0 Å². The highest BCUT2D eigenvalue weighted by molar-refractivity contribution is 5.68. The molecule has 0 aliphatic rings. The van der Waals surface area contributed by atoms with Gasteiger partial charge in [0.15, 0.2) is 0 Å². The Morgan fingerprint density at radius 1 is 0.952 bits per heavy atom. The van der Waals surface area contributed by atoms with Crippen molar-refractivity contribution in [3.05, 3.63) is 53.3 Å². The van der Waals surface area contributed by atoms with Gasteiger partial charge < -0.3 is 5.73 Å². The van der Waals surface area contributed by atoms with Crippen LogP contribution >= 0.6 is 0 Å². The van der Waals surface area contributed by atoms with Gasteiger partial charge in [0.2, 0.25) is 0 Å². The van der Waals surface area contributed by atoms with Crippen molar-refractivity contribution < 1.29 is 0 Å². The Hall–Kier alpha value is -2.29. The fourth-order valence-electron chi connectivity index (χ4n) is 2.77. The summed E-state index contributed by atoms with van der Waals surface area (Å²) in [5.74, 6) is 0.545. The number of benzene rings is 1. The number of aromatic nitrogens is 2. The maximum atomic E-state index is 6.01. The Morgan fingerprint density at radius 2 is 1.62 bits per heavy atom. The average Bonchev–Trinajstić information content (AvgIpc) is 2.81. The summed E-state index contributed by atoms with van der Waals surface area (Å²) in [7, 11) is 0. The summed E-state index contributed by atoms with van der Waals surface area (Å²) in [5.41, 5.74) is 13.5. The standard InChI is InChI=1S/C18H21N3/c1-11(2)14-5-7-15(8-6-14)18-13(4)21-12(3)16(19)9-10-17(21)20-18/h5-11H,19H2,1-4H3. The minimum Gasteiger partial charge on any atom is -0.397 e. The smallest absolute Gasteiger partial charge is 0.138 e. The van der Waals surface area contributed by atoms with E-state index >= 15 is 0 Å². The van der Waals surface area contributed by atoms with Crippen molar-refractivity contribution in [3.63, 3.8) is 0 Å². The molecule has 0 spiro atoms. The van der Waals surface area contributed by atoms with E-state index in [4.69, 9.17) is 10.7 Å². The van der Waals surface area contributed by atoms with Crippen molar-refractivity contribution in [1.82, 2.24) is 9.38 Å². The second-order valence-electron chi connectivity index (χ2n) is 5.89. The lowest BCUT2D eigenvalue weighted by molar-refractivity contribution is 0.867. The number of hydrogen-bond donors (Lipinski definition) is 1. The predicted octanol–water partition coefficient (Wildman–Crippen LogP) is 4.32. The Balaban J connectivity index is 2.17. The molecule has 3 heteroatoms. The summed E-state index contributed by atoms with van der Waals surface area (Å²) in [6.07, 6.45) is 0. The molecule has 0 bridgehead atoms. The monoisotopic (exact) mass is 279 g/mol. The zero-order valence-electron chi connectivity index (χ0n) is 13.0. The van der Waals surface area contributed by atoms with Crippen LogP contribution in [0.5, 0.6) is 0 Å². The van der Waals surface area contributed by atoms with Gasteiger partial charge in [0.05, 0.1) is 11.4 Å². The summed E-state index contributed by atoms with van der Waals surface area (Å²) in [6, 6.07) is 12.6. The van der Waals surface area contributed by atoms with Gasteiger partial charge in [-0.1, -0.05) is 38.1 Å². The normalized spacial score (nSPS) is 11.5. The van der Waals surface area contributed by atoms with Crippen molar-refractivity contribution in [1.29, 1.82) is 0 Å². The first-order chi connectivity index (χ1) is 9.99. The Bertz CT molecular complexity index is 795. The summed E-state index contributed by atoms with van der Waals surface area (Å²) in [5, 5.41) is 0. The molecule has 0 fully saturated rings. The third kappa shape index (κ3) is 2.19. The maximum absolute atomic E-state index is 6.01. The number of pyridine rings is 1. The van der Waals surface area contributed by atoms with E-state index in [1.54, 1.807) is 0 Å². The second-order valence-corrected chi connectivity index (χ2v) is 5.89. The lowest BCUT2D eigenvalue weighted by Gasteiger charge is -2.07. The van der Waals surface area contributed by atoms with Gasteiger partial charge in [0.25, 0.3) is 0 Å². The third-order valence-corrected chi connectivity index (χ3v) is 4.15. The van der Waals surface area contributed by atoms with Gasteiger partial charge in [-0.15, -0.1) is 0 Å². The van der Waals surface area contributed by atoms with Crippen LogP contribution in [0.3, 0.4) is 0 Å². The van der Waals surface area contributed by atoms with E-state index in [0.29, 0.717) is 5.92 Å². The van der Waals surface area contributed by atoms with Gasteiger partial charge in [0.1, 0.15) is 5.65 Å². The highest BCUT2D eigenvalue weighted by Gasteiger charge is 2.13. The Kier molecular flexibility index (Phi) is 3.20. The summed E-state index contributed by atoms with van der Waals surface area (Å²) in [4.78, 5) is 4.77. The van der Waals surface area contributed by atoms with Gasteiger partial charge in [-0.05, 0) is 37.5 Å². The number of rotatable bonds is 2. The van der Waals surface area contributed by atoms with Crippen molar-refractivity contribution in [2.75, 3.05) is 5.73 Å². The average molecular weight is 279 g/mol. The van der Waals surface area contributed by atoms with Gasteiger partial charge >= 0.3 is 0 Å². The third-order valence-electron chi connectivity index (χ3n) is 4.15. The number of imidazole rings is 1. The Labute approximate surface area is 125 Å². The fraction of sp³-hybridized carbons (Fsp3) is 0.278. The lowest BCUT2D eigenvalue weighted by Crippen LogP contribution is -1.99. The molecule has 2 aromatic heterocycles. The largest absolute Gasteiger partial charge is 0.397 e. The van der Waals surface area contributed by atoms with Crippen molar-refractivity contribution in [2.45, 2.75) is 33.6 Å². The van der Waals surface area contributed by atoms with Crippen molar-refractivity contribution >= 4 is 11.3 Å². The molecule has 0 unspecified atom stereocenters. The van der Waals surface area contributed by atoms with Crippen LogP contribution in [0.2, 0.25) is 0 Å². The van der Waals surface area contributed by atoms with E-state index in [1.165, 1.54) is 5.56 Å². The first-order valence-corrected chi connectivity index (χ1v) is 7.33. The van der Waals surface area contributed by atoms with Gasteiger partial charge in [-0.2, -0.15) is 0 Å². The van der Waals surface area contributed by atoms with E-state index in [1.807, 2.05) is 19.1 Å². The zero-order valence-corrected chi connectivity index (χ0v) is 13.0. The van der Waals surface area contributed by atoms with Crippen LogP contribution in [-0.4, -0.2) is 9.38 Å². The molecule has 0 aliphatic heterocycles. The van der Waals surface area contributed by atoms with Crippen LogP contribution in [0.15, 0.2) is 36.4 Å². The van der Waals surface area contributed by atoms with Crippen LogP contribution in [0.1, 0.15) is 36.7 Å². The summed E-state index contributed by atoms with van der Waals surface area (Å²) in [6.45, 7) is 8.54. The topological polar surface area (TPSA) is 43.3 Å². The highest BCUT2D eigenvalue weighted by atomic mass is 15.0. The molecule has 0 aliphatic carbocycles. The van der Waals surface area contributed by atoms with Crippen molar-refractivity contribution in [3.8, 4) is 11.3 Å². The molecule has 108 valence electrons. The zero-order chi connectivity index (χ0) is 15.1. The molecule has 0 saturated carbocycles. The fourth-order valence-corrected chi connectivity index (χ4v) is 2.77. The van der Waals surface area contributed by atoms with E-state index in [9.17, 15) is 0 Å². The number of aryl methyl sites for hydroxylation is 2. The Morgan fingerprint density at radius 3 is 2.24 bits per heavy atom. The molecule has 1 aromatic carbocycles. The SMILES string of the molecule is Cc1c(N)ccc2nc(-c3ccc(C(C)C)cc3)c(C)n12. The van der Waals surface area contributed by atoms with Crippen LogP contribution in [0.4, 0.5) is 5.69 Å². The molecule has 2 heterocycles. The summed E-state index contributed by atoms with van der Waals surface area (Å²) >= 11 is 0. The number of nitrogens with two attached hydrogens (primary N) is 1. The van der Waals surface area contributed by atoms with Crippen LogP contribution in [0, 0.1) is 13.8 Å². The first kappa shape index (κ1) is 13.7. The molecular weight excluding hydrogens is 258 g/mol. The van der Waals surface area contributed by atoms with Crippen LogP contribution < -0.4 is 5.73 Å². The molecule has 3 rings (SSSR count). The maximum Gasteiger partial charge on any atom is 0.138 e. The second kappa shape index (κ2) is 4.92. The molecule has 0 saturated heterocycles. The number of nitrogen functional groups attached to an aromatic ring is 1. The predicted molar refractivity (Wildman–Crippen MR) is 88.6 cm³/mol. The van der Waals surface area contributed by atoms with Gasteiger partial charge in [-0.3, -0.25) is 4.40 Å². The highest BCUT2D eigenvalue weighted by Crippen LogP contribution is 2.27. The van der Waals surface area contributed by atoms with E-state index in [0.717, 1.165) is 34.0 Å². The first-order valence-electron chi connectivity index (χ1n) is 7.33. The number of anilines is 1. The molecule has 0 radical (unpaired) electrons. The molecule has 2 N–H and O–H groups in total. The minimum atomic E-state index is 0.545. The number of fused-ring (bicyclic) bond motifs is 1. The molecule has 21 heavy (non-hydrogen) atoms. The molecule has 3 nitrogen and oxygen atoms in total. The number of nitrogens with zero attached hydrogens (tertiary/aromatic N) is 2. The van der Waals surface area contributed by atoms with Crippen LogP contribution in [0.25, 0.3) is 16.9 Å². The molecular formula is C18H21N3. The van der Waals surface area contributed by atoms with Gasteiger partial charge in [0, 0.05) is 17.0 Å². The molecule has 0 amide bonds. The molecule has 3 aromatic rings. The van der Waals surface area contributed by atoms with E-state index < -0.39 is 0 Å². The lowest BCUT2D eigenvalue weighted by atomic mass is 10.0. The van der Waals surface area contributed by atoms with Crippen molar-refractivity contribution in [2.24, 2.45) is 0 Å². The summed E-state index contributed by atoms with van der Waals surface area (Å²) < 4.78 is 2.13. The number of hydrogen-bond acceptors (Lipinski definition) is 2. The van der Waals surface area contributed by atoms with Gasteiger partial charge in [-0.25, -0.2) is 4.98 Å².